The number of nitrogens with zero attached hydrogens (tertiary/aromatic N) is 1. The Hall–Kier alpha value is -0.785. The Labute approximate surface area is 69.3 Å². The summed E-state index contributed by atoms with van der Waals surface area (Å²) in [5.41, 5.74) is 3.10. The minimum atomic E-state index is 0.873. The molecule has 0 amide bonds. The molecule has 0 saturated carbocycles. The lowest BCUT2D eigenvalue weighted by Crippen LogP contribution is -2.16. The van der Waals surface area contributed by atoms with E-state index in [1.165, 1.54) is 5.56 Å². The number of hydrogen-bond donors (Lipinski definition) is 0. The van der Waals surface area contributed by atoms with Crippen molar-refractivity contribution in [3.05, 3.63) is 23.5 Å². The van der Waals surface area contributed by atoms with Crippen LogP contribution in [0.1, 0.15) is 25.1 Å². The normalized spacial score (nSPS) is 10.0. The van der Waals surface area contributed by atoms with Crippen LogP contribution < -0.4 is 5.46 Å². The van der Waals surface area contributed by atoms with E-state index in [2.05, 4.69) is 18.8 Å². The van der Waals surface area contributed by atoms with Crippen LogP contribution in [0.15, 0.2) is 12.3 Å². The van der Waals surface area contributed by atoms with Crippen LogP contribution in [0.25, 0.3) is 0 Å². The molecule has 0 spiro atoms. The van der Waals surface area contributed by atoms with E-state index in [1.54, 1.807) is 0 Å². The summed E-state index contributed by atoms with van der Waals surface area (Å²) in [5.74, 6) is 0. The summed E-state index contributed by atoms with van der Waals surface area (Å²) < 4.78 is 0. The molecule has 0 aliphatic rings. The SMILES string of the molecule is [B]c1c(CC)ccnc1CC. The van der Waals surface area contributed by atoms with E-state index in [9.17, 15) is 0 Å². The second-order valence-electron chi connectivity index (χ2n) is 2.54. The minimum absolute atomic E-state index is 0.873. The van der Waals surface area contributed by atoms with Gasteiger partial charge in [-0.05, 0) is 18.9 Å². The minimum Gasteiger partial charge on any atom is -0.262 e. The van der Waals surface area contributed by atoms with Crippen molar-refractivity contribution in [1.29, 1.82) is 0 Å². The highest BCUT2D eigenvalue weighted by Crippen LogP contribution is 1.98. The summed E-state index contributed by atoms with van der Waals surface area (Å²) in [6.45, 7) is 4.17. The van der Waals surface area contributed by atoms with Gasteiger partial charge in [-0.2, -0.15) is 0 Å². The zero-order valence-corrected chi connectivity index (χ0v) is 7.09. The molecular weight excluding hydrogens is 133 g/mol. The van der Waals surface area contributed by atoms with Crippen molar-refractivity contribution in [1.82, 2.24) is 4.98 Å². The molecule has 1 aromatic rings. The second-order valence-corrected chi connectivity index (χ2v) is 2.54. The Kier molecular flexibility index (Phi) is 2.69. The number of aromatic nitrogens is 1. The molecule has 0 aliphatic heterocycles. The molecule has 1 rings (SSSR count). The van der Waals surface area contributed by atoms with Crippen molar-refractivity contribution < 1.29 is 0 Å². The van der Waals surface area contributed by atoms with Gasteiger partial charge in [0.2, 0.25) is 0 Å². The fourth-order valence-electron chi connectivity index (χ4n) is 1.15. The lowest BCUT2D eigenvalue weighted by atomic mass is 9.87. The third-order valence-electron chi connectivity index (χ3n) is 1.88. The van der Waals surface area contributed by atoms with E-state index in [0.717, 1.165) is 24.0 Å². The van der Waals surface area contributed by atoms with Crippen LogP contribution in [-0.2, 0) is 12.8 Å². The molecule has 2 radical (unpaired) electrons. The molecule has 11 heavy (non-hydrogen) atoms. The zero-order valence-electron chi connectivity index (χ0n) is 7.09. The highest BCUT2D eigenvalue weighted by Gasteiger charge is 1.99. The van der Waals surface area contributed by atoms with Gasteiger partial charge in [-0.15, -0.1) is 0 Å². The molecule has 0 bridgehead atoms. The molecular formula is C9H12BN. The highest BCUT2D eigenvalue weighted by molar-refractivity contribution is 6.34. The van der Waals surface area contributed by atoms with E-state index in [-0.39, 0.29) is 0 Å². The molecule has 0 atom stereocenters. The van der Waals surface area contributed by atoms with Gasteiger partial charge in [0, 0.05) is 11.9 Å². The van der Waals surface area contributed by atoms with Crippen molar-refractivity contribution in [2.24, 2.45) is 0 Å². The van der Waals surface area contributed by atoms with Crippen molar-refractivity contribution in [2.45, 2.75) is 26.7 Å². The standard InChI is InChI=1S/C9H12BN/c1-3-7-5-6-11-8(4-2)9(7)10/h5-6H,3-4H2,1-2H3. The lowest BCUT2D eigenvalue weighted by molar-refractivity contribution is 1.03. The summed E-state index contributed by atoms with van der Waals surface area (Å²) >= 11 is 0. The highest BCUT2D eigenvalue weighted by atomic mass is 14.7. The predicted molar refractivity (Wildman–Crippen MR) is 48.4 cm³/mol. The van der Waals surface area contributed by atoms with Crippen molar-refractivity contribution >= 4 is 13.3 Å². The maximum Gasteiger partial charge on any atom is 0.116 e. The Morgan fingerprint density at radius 1 is 1.36 bits per heavy atom. The first kappa shape index (κ1) is 8.31. The molecule has 1 aromatic heterocycles. The average molecular weight is 145 g/mol. The molecule has 0 aliphatic carbocycles. The second kappa shape index (κ2) is 3.56. The van der Waals surface area contributed by atoms with Crippen molar-refractivity contribution in [3.8, 4) is 0 Å². The maximum atomic E-state index is 5.84. The Bertz CT molecular complexity index is 223. The molecule has 2 heteroatoms. The van der Waals surface area contributed by atoms with Gasteiger partial charge >= 0.3 is 0 Å². The molecule has 1 heterocycles. The molecule has 0 unspecified atom stereocenters. The first-order valence-electron chi connectivity index (χ1n) is 4.01. The Balaban J connectivity index is 3.10. The van der Waals surface area contributed by atoms with E-state index in [1.807, 2.05) is 12.3 Å². The number of pyridine rings is 1. The van der Waals surface area contributed by atoms with Crippen molar-refractivity contribution in [2.75, 3.05) is 0 Å². The largest absolute Gasteiger partial charge is 0.262 e. The van der Waals surface area contributed by atoms with E-state index < -0.39 is 0 Å². The van der Waals surface area contributed by atoms with Crippen LogP contribution in [0.5, 0.6) is 0 Å². The number of aryl methyl sites for hydroxylation is 2. The third-order valence-corrected chi connectivity index (χ3v) is 1.88. The maximum absolute atomic E-state index is 5.84. The van der Waals surface area contributed by atoms with Gasteiger partial charge in [0.1, 0.15) is 7.85 Å². The summed E-state index contributed by atoms with van der Waals surface area (Å²) in [6.07, 6.45) is 3.73. The summed E-state index contributed by atoms with van der Waals surface area (Å²) in [4.78, 5) is 4.18. The van der Waals surface area contributed by atoms with Gasteiger partial charge in [-0.1, -0.05) is 24.9 Å². The summed E-state index contributed by atoms with van der Waals surface area (Å²) in [5, 5.41) is 0. The molecule has 0 fully saturated rings. The monoisotopic (exact) mass is 145 g/mol. The van der Waals surface area contributed by atoms with Gasteiger partial charge < -0.3 is 0 Å². The molecule has 0 aromatic carbocycles. The number of rotatable bonds is 2. The fraction of sp³-hybridized carbons (Fsp3) is 0.444. The number of hydrogen-bond acceptors (Lipinski definition) is 1. The smallest absolute Gasteiger partial charge is 0.116 e. The Morgan fingerprint density at radius 2 is 2.09 bits per heavy atom. The lowest BCUT2D eigenvalue weighted by Gasteiger charge is -2.06. The van der Waals surface area contributed by atoms with Crippen LogP contribution in [0.3, 0.4) is 0 Å². The summed E-state index contributed by atoms with van der Waals surface area (Å²) in [7, 11) is 5.84. The molecule has 0 saturated heterocycles. The summed E-state index contributed by atoms with van der Waals surface area (Å²) in [6, 6.07) is 1.98. The average Bonchev–Trinajstić information content (AvgIpc) is 2.05. The molecule has 0 N–H and O–H groups in total. The predicted octanol–water partition coefficient (Wildman–Crippen LogP) is 1.00. The van der Waals surface area contributed by atoms with Crippen LogP contribution in [0.2, 0.25) is 0 Å². The van der Waals surface area contributed by atoms with Crippen molar-refractivity contribution in [3.63, 3.8) is 0 Å². The van der Waals surface area contributed by atoms with Gasteiger partial charge in [0.15, 0.2) is 0 Å². The molecule has 1 nitrogen and oxygen atoms in total. The van der Waals surface area contributed by atoms with Gasteiger partial charge in [0.25, 0.3) is 0 Å². The Morgan fingerprint density at radius 3 is 2.64 bits per heavy atom. The first-order valence-corrected chi connectivity index (χ1v) is 4.01. The van der Waals surface area contributed by atoms with Crippen LogP contribution in [0, 0.1) is 0 Å². The fourth-order valence-corrected chi connectivity index (χ4v) is 1.15. The van der Waals surface area contributed by atoms with E-state index in [4.69, 9.17) is 7.85 Å². The molecule has 56 valence electrons. The van der Waals surface area contributed by atoms with E-state index >= 15 is 0 Å². The first-order chi connectivity index (χ1) is 5.29. The zero-order chi connectivity index (χ0) is 8.27. The third kappa shape index (κ3) is 1.62. The van der Waals surface area contributed by atoms with Crippen LogP contribution in [0.4, 0.5) is 0 Å². The van der Waals surface area contributed by atoms with Gasteiger partial charge in [-0.3, -0.25) is 4.98 Å². The van der Waals surface area contributed by atoms with E-state index in [0.29, 0.717) is 0 Å². The van der Waals surface area contributed by atoms with Crippen LogP contribution >= 0.6 is 0 Å². The quantitative estimate of drug-likeness (QED) is 0.565. The van der Waals surface area contributed by atoms with Gasteiger partial charge in [0.05, 0.1) is 0 Å². The van der Waals surface area contributed by atoms with Gasteiger partial charge in [-0.25, -0.2) is 0 Å². The topological polar surface area (TPSA) is 12.9 Å². The van der Waals surface area contributed by atoms with Crippen LogP contribution in [-0.4, -0.2) is 12.8 Å².